The van der Waals surface area contributed by atoms with Gasteiger partial charge < -0.3 is 10.1 Å². The third-order valence-corrected chi connectivity index (χ3v) is 3.13. The van der Waals surface area contributed by atoms with E-state index in [2.05, 4.69) is 15.3 Å². The summed E-state index contributed by atoms with van der Waals surface area (Å²) in [5.41, 5.74) is 9.71. The molecule has 0 saturated carbocycles. The van der Waals surface area contributed by atoms with Crippen LogP contribution in [0, 0.1) is 11.8 Å². The Morgan fingerprint density at radius 1 is 1.30 bits per heavy atom. The topological polar surface area (TPSA) is 104 Å². The summed E-state index contributed by atoms with van der Waals surface area (Å²) >= 11 is 0. The van der Waals surface area contributed by atoms with Gasteiger partial charge in [0.1, 0.15) is 5.92 Å². The summed E-state index contributed by atoms with van der Waals surface area (Å²) in [7, 11) is 0. The predicted molar refractivity (Wildman–Crippen MR) is 87.5 cm³/mol. The third kappa shape index (κ3) is 6.40. The average Bonchev–Trinajstić information content (AvgIpc) is 2.52. The number of ether oxygens (including phenoxy) is 1. The smallest absolute Gasteiger partial charge is 0.318 e. The first-order chi connectivity index (χ1) is 11.0. The van der Waals surface area contributed by atoms with Crippen LogP contribution in [-0.2, 0) is 20.9 Å². The van der Waals surface area contributed by atoms with E-state index in [9.17, 15) is 9.59 Å². The Morgan fingerprint density at radius 2 is 1.96 bits per heavy atom. The molecule has 23 heavy (non-hydrogen) atoms. The van der Waals surface area contributed by atoms with Crippen LogP contribution in [0.25, 0.3) is 10.4 Å². The van der Waals surface area contributed by atoms with Gasteiger partial charge in [0, 0.05) is 10.6 Å². The Kier molecular flexibility index (Phi) is 7.63. The maximum atomic E-state index is 12.3. The van der Waals surface area contributed by atoms with Gasteiger partial charge in [0.25, 0.3) is 0 Å². The number of carbonyl (C=O) groups excluding carboxylic acids is 2. The quantitative estimate of drug-likeness (QED) is 0.260. The van der Waals surface area contributed by atoms with Crippen molar-refractivity contribution in [3.63, 3.8) is 0 Å². The minimum absolute atomic E-state index is 0.196. The number of benzene rings is 1. The Balaban J connectivity index is 2.76. The van der Waals surface area contributed by atoms with Gasteiger partial charge in [-0.3, -0.25) is 9.59 Å². The molecule has 1 unspecified atom stereocenters. The summed E-state index contributed by atoms with van der Waals surface area (Å²) in [6.45, 7) is 6.11. The van der Waals surface area contributed by atoms with Crippen molar-refractivity contribution in [2.75, 3.05) is 11.9 Å². The molecule has 0 spiro atoms. The lowest BCUT2D eigenvalue weighted by molar-refractivity contribution is -0.151. The highest BCUT2D eigenvalue weighted by atomic mass is 16.5. The highest BCUT2D eigenvalue weighted by Gasteiger charge is 2.28. The van der Waals surface area contributed by atoms with Crippen molar-refractivity contribution in [2.45, 2.75) is 33.7 Å². The molecular formula is C16H22N4O3. The average molecular weight is 318 g/mol. The maximum Gasteiger partial charge on any atom is 0.318 e. The molecule has 0 aliphatic heterocycles. The molecule has 1 rings (SSSR count). The Hall–Kier alpha value is -2.53. The normalized spacial score (nSPS) is 11.5. The van der Waals surface area contributed by atoms with E-state index in [4.69, 9.17) is 10.3 Å². The minimum atomic E-state index is -0.821. The molecule has 0 aliphatic carbocycles. The van der Waals surface area contributed by atoms with Gasteiger partial charge in [-0.15, -0.1) is 0 Å². The van der Waals surface area contributed by atoms with Gasteiger partial charge in [0.05, 0.1) is 13.2 Å². The number of nitrogens with one attached hydrogen (secondary N) is 1. The summed E-state index contributed by atoms with van der Waals surface area (Å²) in [4.78, 5) is 27.0. The zero-order chi connectivity index (χ0) is 17.2. The standard InChI is InChI=1S/C16H22N4O3/c1-4-23-16(22)14(9-11(2)3)15(21)19-13-7-5-12(6-8-13)10-18-20-17/h5-8,11,14H,4,9-10H2,1-3H3,(H,19,21). The first-order valence-electron chi connectivity index (χ1n) is 7.55. The van der Waals surface area contributed by atoms with Crippen molar-refractivity contribution in [1.82, 2.24) is 0 Å². The summed E-state index contributed by atoms with van der Waals surface area (Å²) in [5, 5.41) is 6.20. The van der Waals surface area contributed by atoms with Gasteiger partial charge in [0.15, 0.2) is 0 Å². The third-order valence-electron chi connectivity index (χ3n) is 3.13. The van der Waals surface area contributed by atoms with Gasteiger partial charge in [-0.1, -0.05) is 31.1 Å². The fraction of sp³-hybridized carbons (Fsp3) is 0.500. The number of nitrogens with zero attached hydrogens (tertiary/aromatic N) is 3. The molecule has 1 N–H and O–H groups in total. The van der Waals surface area contributed by atoms with Crippen LogP contribution in [0.3, 0.4) is 0 Å². The zero-order valence-electron chi connectivity index (χ0n) is 13.7. The van der Waals surface area contributed by atoms with Crippen molar-refractivity contribution >= 4 is 17.6 Å². The van der Waals surface area contributed by atoms with E-state index in [0.717, 1.165) is 5.56 Å². The van der Waals surface area contributed by atoms with Crippen LogP contribution in [0.2, 0.25) is 0 Å². The van der Waals surface area contributed by atoms with Crippen molar-refractivity contribution in [2.24, 2.45) is 17.0 Å². The van der Waals surface area contributed by atoms with Crippen LogP contribution >= 0.6 is 0 Å². The summed E-state index contributed by atoms with van der Waals surface area (Å²) in [6.07, 6.45) is 0.430. The summed E-state index contributed by atoms with van der Waals surface area (Å²) in [6, 6.07) is 6.92. The maximum absolute atomic E-state index is 12.3. The summed E-state index contributed by atoms with van der Waals surface area (Å²) < 4.78 is 4.98. The SMILES string of the molecule is CCOC(=O)C(CC(C)C)C(=O)Nc1ccc(CN=[N+]=[N-])cc1. The second kappa shape index (κ2) is 9.48. The number of hydrogen-bond donors (Lipinski definition) is 1. The predicted octanol–water partition coefficient (Wildman–Crippen LogP) is 3.66. The van der Waals surface area contributed by atoms with Crippen LogP contribution in [0.15, 0.2) is 29.4 Å². The van der Waals surface area contributed by atoms with E-state index >= 15 is 0 Å². The van der Waals surface area contributed by atoms with Gasteiger partial charge in [-0.25, -0.2) is 0 Å². The molecule has 1 aromatic carbocycles. The fourth-order valence-electron chi connectivity index (χ4n) is 2.06. The molecule has 0 heterocycles. The van der Waals surface area contributed by atoms with E-state index in [1.54, 1.807) is 31.2 Å². The number of amides is 1. The first-order valence-corrected chi connectivity index (χ1v) is 7.55. The Morgan fingerprint density at radius 3 is 2.48 bits per heavy atom. The molecule has 1 amide bonds. The molecular weight excluding hydrogens is 296 g/mol. The van der Waals surface area contributed by atoms with E-state index in [0.29, 0.717) is 12.1 Å². The van der Waals surface area contributed by atoms with Crippen LogP contribution in [-0.4, -0.2) is 18.5 Å². The molecule has 0 radical (unpaired) electrons. The Bertz CT molecular complexity index is 577. The van der Waals surface area contributed by atoms with Gasteiger partial charge in [-0.05, 0) is 42.5 Å². The lowest BCUT2D eigenvalue weighted by Gasteiger charge is -2.17. The highest BCUT2D eigenvalue weighted by Crippen LogP contribution is 2.17. The van der Waals surface area contributed by atoms with Gasteiger partial charge in [0.2, 0.25) is 5.91 Å². The number of rotatable bonds is 8. The van der Waals surface area contributed by atoms with Crippen LogP contribution < -0.4 is 5.32 Å². The second-order valence-corrected chi connectivity index (χ2v) is 5.51. The molecule has 1 atom stereocenters. The molecule has 0 saturated heterocycles. The van der Waals surface area contributed by atoms with Gasteiger partial charge in [-0.2, -0.15) is 0 Å². The van der Waals surface area contributed by atoms with E-state index in [1.165, 1.54) is 0 Å². The first kappa shape index (κ1) is 18.5. The van der Waals surface area contributed by atoms with Crippen LogP contribution in [0.1, 0.15) is 32.8 Å². The van der Waals surface area contributed by atoms with E-state index in [-0.39, 0.29) is 25.0 Å². The number of hydrogen-bond acceptors (Lipinski definition) is 4. The molecule has 7 nitrogen and oxygen atoms in total. The van der Waals surface area contributed by atoms with Crippen LogP contribution in [0.5, 0.6) is 0 Å². The second-order valence-electron chi connectivity index (χ2n) is 5.51. The number of anilines is 1. The number of carbonyl (C=O) groups is 2. The number of esters is 1. The Labute approximate surface area is 135 Å². The highest BCUT2D eigenvalue weighted by molar-refractivity contribution is 6.04. The van der Waals surface area contributed by atoms with Gasteiger partial charge >= 0.3 is 5.97 Å². The molecule has 0 aromatic heterocycles. The lowest BCUT2D eigenvalue weighted by Crippen LogP contribution is -2.32. The lowest BCUT2D eigenvalue weighted by atomic mass is 9.96. The van der Waals surface area contributed by atoms with Crippen LogP contribution in [0.4, 0.5) is 5.69 Å². The largest absolute Gasteiger partial charge is 0.465 e. The van der Waals surface area contributed by atoms with Crippen molar-refractivity contribution in [3.05, 3.63) is 40.3 Å². The van der Waals surface area contributed by atoms with Crippen molar-refractivity contribution in [3.8, 4) is 0 Å². The molecule has 124 valence electrons. The monoisotopic (exact) mass is 318 g/mol. The molecule has 0 bridgehead atoms. The fourth-order valence-corrected chi connectivity index (χ4v) is 2.06. The molecule has 0 fully saturated rings. The van der Waals surface area contributed by atoms with Crippen molar-refractivity contribution in [1.29, 1.82) is 0 Å². The van der Waals surface area contributed by atoms with Crippen molar-refractivity contribution < 1.29 is 14.3 Å². The minimum Gasteiger partial charge on any atom is -0.465 e. The zero-order valence-corrected chi connectivity index (χ0v) is 13.7. The molecule has 7 heteroatoms. The van der Waals surface area contributed by atoms with E-state index in [1.807, 2.05) is 13.8 Å². The molecule has 0 aliphatic rings. The molecule has 1 aromatic rings. The van der Waals surface area contributed by atoms with E-state index < -0.39 is 11.9 Å². The number of azide groups is 1. The summed E-state index contributed by atoms with van der Waals surface area (Å²) in [5.74, 6) is -1.50.